The van der Waals surface area contributed by atoms with Crippen molar-refractivity contribution in [3.05, 3.63) is 346 Å². The second kappa shape index (κ2) is 16.6. The number of rotatable bonds is 4. The van der Waals surface area contributed by atoms with Gasteiger partial charge in [0.05, 0.1) is 16.2 Å². The van der Waals surface area contributed by atoms with E-state index < -0.39 is 21.6 Å². The van der Waals surface area contributed by atoms with Gasteiger partial charge in [-0.25, -0.2) is 0 Å². The summed E-state index contributed by atoms with van der Waals surface area (Å²) in [6.07, 6.45) is 0. The summed E-state index contributed by atoms with van der Waals surface area (Å²) < 4.78 is 0. The zero-order valence-corrected chi connectivity index (χ0v) is 48.1. The fraction of sp³-hybridized carbons (Fsp3) is 0.0886. The van der Waals surface area contributed by atoms with E-state index in [2.05, 4.69) is 305 Å². The minimum Gasteiger partial charge on any atom is -0.0623 e. The Bertz CT molecular complexity index is 4250. The lowest BCUT2D eigenvalue weighted by Crippen LogP contribution is -2.63. The van der Waals surface area contributed by atoms with Crippen LogP contribution in [0.2, 0.25) is 26.2 Å². The van der Waals surface area contributed by atoms with Gasteiger partial charge >= 0.3 is 0 Å². The Balaban J connectivity index is 0.789. The third-order valence-electron chi connectivity index (χ3n) is 20.4. The minimum atomic E-state index is -1.98. The molecule has 81 heavy (non-hydrogen) atoms. The maximum atomic E-state index is 2.53. The first kappa shape index (κ1) is 46.9. The summed E-state index contributed by atoms with van der Waals surface area (Å²) in [7, 11) is -3.97. The van der Waals surface area contributed by atoms with Crippen LogP contribution in [0.25, 0.3) is 55.6 Å². The molecule has 0 amide bonds. The molecule has 0 nitrogen and oxygen atoms in total. The van der Waals surface area contributed by atoms with E-state index in [9.17, 15) is 0 Å². The van der Waals surface area contributed by atoms with Gasteiger partial charge in [-0.2, -0.15) is 0 Å². The van der Waals surface area contributed by atoms with Gasteiger partial charge in [-0.15, -0.1) is 0 Å². The lowest BCUT2D eigenvalue weighted by molar-refractivity contribution is 0.768. The molecule has 2 spiro atoms. The molecule has 0 fully saturated rings. The van der Waals surface area contributed by atoms with Crippen LogP contribution in [-0.2, 0) is 16.2 Å². The van der Waals surface area contributed by atoms with Gasteiger partial charge in [0, 0.05) is 0 Å². The van der Waals surface area contributed by atoms with E-state index >= 15 is 0 Å². The Kier molecular flexibility index (Phi) is 9.61. The largest absolute Gasteiger partial charge is 0.113 e. The highest BCUT2D eigenvalue weighted by Gasteiger charge is 2.56. The summed E-state index contributed by atoms with van der Waals surface area (Å²) in [5, 5.41) is 6.15. The van der Waals surface area contributed by atoms with Gasteiger partial charge in [-0.3, -0.25) is 0 Å². The van der Waals surface area contributed by atoms with E-state index in [0.29, 0.717) is 0 Å². The van der Waals surface area contributed by atoms with Gasteiger partial charge in [0.15, 0.2) is 0 Å². The summed E-state index contributed by atoms with van der Waals surface area (Å²) >= 11 is 0. The van der Waals surface area contributed by atoms with Crippen molar-refractivity contribution in [1.82, 2.24) is 0 Å². The van der Waals surface area contributed by atoms with Crippen molar-refractivity contribution in [3.8, 4) is 55.6 Å². The predicted octanol–water partition coefficient (Wildman–Crippen LogP) is 16.4. The molecule has 0 unspecified atom stereocenters. The Morgan fingerprint density at radius 2 is 0.432 bits per heavy atom. The Morgan fingerprint density at radius 3 is 0.753 bits per heavy atom. The number of hydrogen-bond acceptors (Lipinski definition) is 0. The van der Waals surface area contributed by atoms with Crippen LogP contribution in [0.3, 0.4) is 0 Å². The number of fused-ring (bicyclic) bond motifs is 21. The quantitative estimate of drug-likeness (QED) is 0.154. The third kappa shape index (κ3) is 5.83. The first-order valence-corrected chi connectivity index (χ1v) is 35.0. The average molecular weight is 1060 g/mol. The molecule has 0 radical (unpaired) electrons. The summed E-state index contributed by atoms with van der Waals surface area (Å²) in [6.45, 7) is 10.1. The van der Waals surface area contributed by atoms with Gasteiger partial charge in [-0.1, -0.05) is 293 Å². The maximum Gasteiger partial charge on any atom is 0.113 e. The van der Waals surface area contributed by atoms with Crippen LogP contribution in [0.5, 0.6) is 0 Å². The molecule has 2 heteroatoms. The molecule has 3 aliphatic carbocycles. The Morgan fingerprint density at radius 1 is 0.198 bits per heavy atom. The summed E-state index contributed by atoms with van der Waals surface area (Å²) in [6, 6.07) is 108. The van der Waals surface area contributed by atoms with E-state index in [0.717, 1.165) is 0 Å². The van der Waals surface area contributed by atoms with Gasteiger partial charge in [0.1, 0.15) is 16.1 Å². The monoisotopic (exact) mass is 1060 g/mol. The van der Waals surface area contributed by atoms with E-state index in [4.69, 9.17) is 0 Å². The molecule has 0 N–H and O–H groups in total. The molecule has 0 saturated carbocycles. The van der Waals surface area contributed by atoms with Crippen molar-refractivity contribution in [2.75, 3.05) is 0 Å². The van der Waals surface area contributed by atoms with Crippen LogP contribution in [0.4, 0.5) is 0 Å². The number of hydrogen-bond donors (Lipinski definition) is 0. The molecule has 17 rings (SSSR count). The van der Waals surface area contributed by atoms with Crippen LogP contribution in [-0.4, -0.2) is 16.1 Å². The van der Waals surface area contributed by atoms with Gasteiger partial charge in [0.25, 0.3) is 0 Å². The van der Waals surface area contributed by atoms with Crippen LogP contribution < -0.4 is 20.7 Å². The molecule has 0 aromatic heterocycles. The van der Waals surface area contributed by atoms with Gasteiger partial charge < -0.3 is 0 Å². The van der Waals surface area contributed by atoms with Crippen LogP contribution in [0, 0.1) is 0 Å². The molecule has 382 valence electrons. The lowest BCUT2D eigenvalue weighted by Gasteiger charge is -2.45. The smallest absolute Gasteiger partial charge is 0.0623 e. The molecule has 2 aliphatic heterocycles. The van der Waals surface area contributed by atoms with Crippen LogP contribution in [0.1, 0.15) is 66.8 Å². The van der Waals surface area contributed by atoms with E-state index in [-0.39, 0.29) is 10.8 Å². The lowest BCUT2D eigenvalue weighted by atomic mass is 9.67. The second-order valence-electron chi connectivity index (χ2n) is 24.5. The normalized spacial score (nSPS) is 16.4. The average Bonchev–Trinajstić information content (AvgIpc) is 4.26. The van der Waals surface area contributed by atoms with Crippen molar-refractivity contribution >= 4 is 36.9 Å². The highest BCUT2D eigenvalue weighted by molar-refractivity contribution is 7.02. The van der Waals surface area contributed by atoms with E-state index in [1.807, 2.05) is 0 Å². The van der Waals surface area contributed by atoms with Crippen molar-refractivity contribution in [2.45, 2.75) is 42.4 Å². The maximum absolute atomic E-state index is 2.53. The molecule has 0 bridgehead atoms. The fourth-order valence-corrected chi connectivity index (χ4v) is 23.3. The van der Waals surface area contributed by atoms with Crippen molar-refractivity contribution < 1.29 is 0 Å². The number of benzene rings is 12. The molecule has 0 atom stereocenters. The second-order valence-corrected chi connectivity index (χ2v) is 33.2. The van der Waals surface area contributed by atoms with E-state index in [1.165, 1.54) is 143 Å². The molecular weight excluding hydrogens is 1010 g/mol. The predicted molar refractivity (Wildman–Crippen MR) is 343 cm³/mol. The summed E-state index contributed by atoms with van der Waals surface area (Å²) in [5.41, 5.74) is 28.1. The highest BCUT2D eigenvalue weighted by Crippen LogP contribution is 2.61. The molecule has 2 heterocycles. The van der Waals surface area contributed by atoms with Crippen LogP contribution in [0.15, 0.2) is 279 Å². The van der Waals surface area contributed by atoms with Crippen molar-refractivity contribution in [2.24, 2.45) is 0 Å². The van der Waals surface area contributed by atoms with Gasteiger partial charge in [0.2, 0.25) is 0 Å². The van der Waals surface area contributed by atoms with E-state index in [1.54, 1.807) is 0 Å². The third-order valence-corrected chi connectivity index (χ3v) is 27.5. The Labute approximate surface area is 477 Å². The zero-order chi connectivity index (χ0) is 54.0. The minimum absolute atomic E-state index is 0.377. The summed E-state index contributed by atoms with van der Waals surface area (Å²) in [4.78, 5) is 0. The van der Waals surface area contributed by atoms with Crippen LogP contribution >= 0.6 is 0 Å². The first-order valence-electron chi connectivity index (χ1n) is 29.0. The van der Waals surface area contributed by atoms with Crippen molar-refractivity contribution in [1.29, 1.82) is 0 Å². The summed E-state index contributed by atoms with van der Waals surface area (Å²) in [5.74, 6) is 0. The molecule has 0 saturated heterocycles. The highest BCUT2D eigenvalue weighted by atomic mass is 28.3. The standard InChI is InChI=1S/C79H58Si2/c1-80(2)73-33-17-13-29-69(73)78(70-30-14-18-34-74(70)80)65-27-11-7-23-59(65)61-49-53(41-47-67(61)78)51-37-43-55(44-38-51)77(63-25-9-5-21-57(63)58-22-6-10-26-64(58)77)56-45-39-52(40-46-56)54-42-48-68-62(50-54)60-24-8-12-28-66(60)79(68)71-31-15-19-35-75(71)81(3,4)76-36-20-16-32-72(76)79/h5-50H,1-4H3. The zero-order valence-electron chi connectivity index (χ0n) is 46.1. The SMILES string of the molecule is C[Si]1(C)c2ccccc2C2(c3ccccc3-c3cc(-c4ccc(C5(c6ccc(-c7ccc8c(c7)-c7ccccc7C87c8ccccc8[Si](C)(C)c8ccccc87)cc6)c6ccccc6-c6ccccc65)cc4)ccc32)c2ccccc21. The first-order chi connectivity index (χ1) is 39.7. The molecule has 12 aromatic carbocycles. The van der Waals surface area contributed by atoms with Gasteiger partial charge in [-0.05, 0) is 155 Å². The molecular formula is C79H58Si2. The fourth-order valence-electron chi connectivity index (χ4n) is 16.9. The molecule has 12 aromatic rings. The molecule has 5 aliphatic rings. The Hall–Kier alpha value is -8.93. The topological polar surface area (TPSA) is 0 Å². The van der Waals surface area contributed by atoms with Crippen molar-refractivity contribution in [3.63, 3.8) is 0 Å².